The number of aryl methyl sites for hydroxylation is 1. The van der Waals surface area contributed by atoms with E-state index in [9.17, 15) is 14.0 Å². The fraction of sp³-hybridized carbons (Fsp3) is 0.154. The number of halogens is 1. The van der Waals surface area contributed by atoms with Gasteiger partial charge in [-0.05, 0) is 24.3 Å². The number of anilines is 1. The van der Waals surface area contributed by atoms with Crippen LogP contribution in [-0.2, 0) is 11.2 Å². The molecule has 0 unspecified atom stereocenters. The van der Waals surface area contributed by atoms with Gasteiger partial charge in [0.15, 0.2) is 0 Å². The van der Waals surface area contributed by atoms with E-state index < -0.39 is 17.7 Å². The van der Waals surface area contributed by atoms with Crippen molar-refractivity contribution in [3.63, 3.8) is 0 Å². The maximum absolute atomic E-state index is 12.7. The molecular weight excluding hydrogens is 267 g/mol. The Morgan fingerprint density at radius 3 is 2.65 bits per heavy atom. The van der Waals surface area contributed by atoms with E-state index in [1.165, 1.54) is 30.5 Å². The number of nitrogens with one attached hydrogen (secondary N) is 1. The summed E-state index contributed by atoms with van der Waals surface area (Å²) in [4.78, 5) is 26.1. The molecule has 0 fully saturated rings. The second-order valence-electron chi connectivity index (χ2n) is 4.00. The Hall–Kier alpha value is -2.70. The molecule has 0 atom stereocenters. The average molecular weight is 278 g/mol. The average Bonchev–Trinajstić information content (AvgIpc) is 2.84. The van der Waals surface area contributed by atoms with Crippen molar-refractivity contribution in [3.8, 4) is 0 Å². The lowest BCUT2D eigenvalue weighted by Crippen LogP contribution is -2.12. The van der Waals surface area contributed by atoms with Crippen molar-refractivity contribution >= 4 is 17.9 Å². The summed E-state index contributed by atoms with van der Waals surface area (Å²) in [5.74, 6) is -1.87. The SMILES string of the molecule is O=C(O)CCc1coc(NC(=O)c2ccc(F)cc2)n1. The van der Waals surface area contributed by atoms with E-state index in [2.05, 4.69) is 10.3 Å². The van der Waals surface area contributed by atoms with Crippen LogP contribution in [0.3, 0.4) is 0 Å². The molecule has 20 heavy (non-hydrogen) atoms. The molecule has 1 aromatic carbocycles. The third kappa shape index (κ3) is 3.64. The Morgan fingerprint density at radius 2 is 2.00 bits per heavy atom. The molecule has 2 rings (SSSR count). The monoisotopic (exact) mass is 278 g/mol. The first-order valence-corrected chi connectivity index (χ1v) is 5.78. The molecule has 0 saturated carbocycles. The number of nitrogens with zero attached hydrogens (tertiary/aromatic N) is 1. The van der Waals surface area contributed by atoms with Crippen LogP contribution in [0.25, 0.3) is 0 Å². The second-order valence-corrected chi connectivity index (χ2v) is 4.00. The number of carboxylic acid groups (broad SMARTS) is 1. The minimum atomic E-state index is -0.940. The number of benzene rings is 1. The number of hydrogen-bond acceptors (Lipinski definition) is 4. The van der Waals surface area contributed by atoms with Gasteiger partial charge in [0, 0.05) is 12.0 Å². The molecule has 0 saturated heterocycles. The molecule has 0 aliphatic heterocycles. The lowest BCUT2D eigenvalue weighted by atomic mass is 10.2. The van der Waals surface area contributed by atoms with Gasteiger partial charge >= 0.3 is 12.0 Å². The topological polar surface area (TPSA) is 92.4 Å². The van der Waals surface area contributed by atoms with Crippen molar-refractivity contribution in [3.05, 3.63) is 47.6 Å². The minimum Gasteiger partial charge on any atom is -0.481 e. The summed E-state index contributed by atoms with van der Waals surface area (Å²) in [6, 6.07) is 4.98. The number of carbonyl (C=O) groups is 2. The van der Waals surface area contributed by atoms with Gasteiger partial charge in [-0.3, -0.25) is 14.9 Å². The summed E-state index contributed by atoms with van der Waals surface area (Å²) >= 11 is 0. The number of carboxylic acids is 1. The summed E-state index contributed by atoms with van der Waals surface area (Å²) in [6.45, 7) is 0. The van der Waals surface area contributed by atoms with E-state index in [1.54, 1.807) is 0 Å². The standard InChI is InChI=1S/C13H11FN2O4/c14-9-3-1-8(2-4-9)12(19)16-13-15-10(7-20-13)5-6-11(17)18/h1-4,7H,5-6H2,(H,17,18)(H,15,16,19). The van der Waals surface area contributed by atoms with Gasteiger partial charge in [-0.15, -0.1) is 0 Å². The zero-order valence-corrected chi connectivity index (χ0v) is 10.3. The number of amides is 1. The highest BCUT2D eigenvalue weighted by Crippen LogP contribution is 2.11. The van der Waals surface area contributed by atoms with Gasteiger partial charge in [0.1, 0.15) is 12.1 Å². The zero-order chi connectivity index (χ0) is 14.5. The van der Waals surface area contributed by atoms with Crippen LogP contribution in [0.4, 0.5) is 10.4 Å². The van der Waals surface area contributed by atoms with E-state index in [4.69, 9.17) is 9.52 Å². The Labute approximate surface area is 113 Å². The third-order valence-corrected chi connectivity index (χ3v) is 2.47. The molecule has 6 nitrogen and oxygen atoms in total. The minimum absolute atomic E-state index is 0.0280. The van der Waals surface area contributed by atoms with Crippen LogP contribution in [0.1, 0.15) is 22.5 Å². The highest BCUT2D eigenvalue weighted by atomic mass is 19.1. The van der Waals surface area contributed by atoms with Gasteiger partial charge in [-0.2, -0.15) is 4.98 Å². The van der Waals surface area contributed by atoms with Gasteiger partial charge in [0.2, 0.25) is 0 Å². The molecule has 1 aromatic heterocycles. The van der Waals surface area contributed by atoms with Gasteiger partial charge in [0.25, 0.3) is 5.91 Å². The Balaban J connectivity index is 1.97. The van der Waals surface area contributed by atoms with E-state index in [0.717, 1.165) is 0 Å². The van der Waals surface area contributed by atoms with E-state index in [0.29, 0.717) is 5.69 Å². The zero-order valence-electron chi connectivity index (χ0n) is 10.3. The molecule has 2 N–H and O–H groups in total. The quantitative estimate of drug-likeness (QED) is 0.873. The largest absolute Gasteiger partial charge is 0.481 e. The molecule has 0 spiro atoms. The summed E-state index contributed by atoms with van der Waals surface area (Å²) in [7, 11) is 0. The van der Waals surface area contributed by atoms with Crippen LogP contribution in [-0.4, -0.2) is 22.0 Å². The fourth-order valence-corrected chi connectivity index (χ4v) is 1.48. The van der Waals surface area contributed by atoms with Gasteiger partial charge in [-0.25, -0.2) is 4.39 Å². The van der Waals surface area contributed by atoms with Crippen molar-refractivity contribution in [1.82, 2.24) is 4.98 Å². The van der Waals surface area contributed by atoms with Crippen molar-refractivity contribution in [1.29, 1.82) is 0 Å². The van der Waals surface area contributed by atoms with Crippen LogP contribution in [0, 0.1) is 5.82 Å². The summed E-state index contributed by atoms with van der Waals surface area (Å²) in [5, 5.41) is 10.9. The molecule has 104 valence electrons. The fourth-order valence-electron chi connectivity index (χ4n) is 1.48. The number of hydrogen-bond donors (Lipinski definition) is 2. The van der Waals surface area contributed by atoms with Crippen molar-refractivity contribution < 1.29 is 23.5 Å². The molecular formula is C13H11FN2O4. The third-order valence-electron chi connectivity index (χ3n) is 2.47. The first-order valence-electron chi connectivity index (χ1n) is 5.78. The molecule has 1 amide bonds. The Bertz CT molecular complexity index is 622. The summed E-state index contributed by atoms with van der Waals surface area (Å²) < 4.78 is 17.7. The highest BCUT2D eigenvalue weighted by molar-refractivity contribution is 6.03. The van der Waals surface area contributed by atoms with E-state index in [1.807, 2.05) is 0 Å². The van der Waals surface area contributed by atoms with Crippen LogP contribution in [0.15, 0.2) is 34.9 Å². The van der Waals surface area contributed by atoms with Gasteiger partial charge in [-0.1, -0.05) is 0 Å². The van der Waals surface area contributed by atoms with Crippen molar-refractivity contribution in [2.24, 2.45) is 0 Å². The smallest absolute Gasteiger partial charge is 0.303 e. The van der Waals surface area contributed by atoms with E-state index in [-0.39, 0.29) is 24.4 Å². The number of rotatable bonds is 5. The van der Waals surface area contributed by atoms with Crippen LogP contribution >= 0.6 is 0 Å². The second kappa shape index (κ2) is 5.96. The number of oxazole rings is 1. The molecule has 0 bridgehead atoms. The maximum Gasteiger partial charge on any atom is 0.303 e. The maximum atomic E-state index is 12.7. The lowest BCUT2D eigenvalue weighted by molar-refractivity contribution is -0.136. The normalized spacial score (nSPS) is 10.2. The molecule has 0 aliphatic carbocycles. The van der Waals surface area contributed by atoms with Crippen molar-refractivity contribution in [2.45, 2.75) is 12.8 Å². The molecule has 1 heterocycles. The molecule has 2 aromatic rings. The number of carbonyl (C=O) groups excluding carboxylic acids is 1. The van der Waals surface area contributed by atoms with E-state index >= 15 is 0 Å². The molecule has 7 heteroatoms. The van der Waals surface area contributed by atoms with Crippen molar-refractivity contribution in [2.75, 3.05) is 5.32 Å². The predicted molar refractivity (Wildman–Crippen MR) is 66.8 cm³/mol. The van der Waals surface area contributed by atoms with Gasteiger partial charge < -0.3 is 9.52 Å². The molecule has 0 radical (unpaired) electrons. The summed E-state index contributed by atoms with van der Waals surface area (Å²) in [5.41, 5.74) is 0.693. The van der Waals surface area contributed by atoms with Gasteiger partial charge in [0.05, 0.1) is 12.1 Å². The lowest BCUT2D eigenvalue weighted by Gasteiger charge is -2.00. The van der Waals surface area contributed by atoms with Crippen LogP contribution in [0.5, 0.6) is 0 Å². The first-order chi connectivity index (χ1) is 9.54. The predicted octanol–water partition coefficient (Wildman–Crippen LogP) is 2.08. The highest BCUT2D eigenvalue weighted by Gasteiger charge is 2.11. The Kier molecular flexibility index (Phi) is 4.09. The first kappa shape index (κ1) is 13.7. The summed E-state index contributed by atoms with van der Waals surface area (Å²) in [6.07, 6.45) is 1.42. The molecule has 0 aliphatic rings. The number of aliphatic carboxylic acids is 1. The Morgan fingerprint density at radius 1 is 1.30 bits per heavy atom. The number of aromatic nitrogens is 1. The van der Waals surface area contributed by atoms with Crippen LogP contribution in [0.2, 0.25) is 0 Å². The van der Waals surface area contributed by atoms with Crippen LogP contribution < -0.4 is 5.32 Å².